The molecule has 0 aromatic rings. The summed E-state index contributed by atoms with van der Waals surface area (Å²) in [5, 5.41) is 0. The number of rotatable bonds is 65. The number of esters is 3. The minimum Gasteiger partial charge on any atom is -0.462 e. The van der Waals surface area contributed by atoms with Gasteiger partial charge in [0, 0.05) is 19.3 Å². The van der Waals surface area contributed by atoms with E-state index in [1.807, 2.05) is 0 Å². The number of carbonyl (C=O) groups is 3. The minimum atomic E-state index is -0.778. The van der Waals surface area contributed by atoms with Gasteiger partial charge < -0.3 is 14.2 Å². The Bertz CT molecular complexity index is 1490. The number of hydrogen-bond acceptors (Lipinski definition) is 6. The van der Waals surface area contributed by atoms with Gasteiger partial charge in [-0.15, -0.1) is 0 Å². The maximum Gasteiger partial charge on any atom is 0.306 e. The van der Waals surface area contributed by atoms with Crippen molar-refractivity contribution in [1.82, 2.24) is 0 Å². The van der Waals surface area contributed by atoms with Gasteiger partial charge in [-0.2, -0.15) is 0 Å². The molecule has 0 spiro atoms. The van der Waals surface area contributed by atoms with Crippen LogP contribution in [0.3, 0.4) is 0 Å². The third-order valence-corrected chi connectivity index (χ3v) is 15.7. The van der Waals surface area contributed by atoms with Gasteiger partial charge in [-0.25, -0.2) is 0 Å². The van der Waals surface area contributed by atoms with E-state index in [0.29, 0.717) is 19.3 Å². The first kappa shape index (κ1) is 77.9. The molecule has 470 valence electrons. The molecule has 0 bridgehead atoms. The van der Waals surface area contributed by atoms with E-state index < -0.39 is 6.10 Å². The SMILES string of the molecule is CCCCCCC/C=C\C/C=C\C/C=C\CCCCCCCCCCCCCCC(=O)OCC(COC(=O)CCCCCCCCCCCCC)OC(=O)CCCCCCCCCCCC/C=C\C/C=C\C/C=C\CCCCCCC. The van der Waals surface area contributed by atoms with Crippen molar-refractivity contribution in [2.75, 3.05) is 13.2 Å². The summed E-state index contributed by atoms with van der Waals surface area (Å²) in [6, 6.07) is 0. The normalized spacial score (nSPS) is 12.5. The van der Waals surface area contributed by atoms with E-state index in [4.69, 9.17) is 14.2 Å². The molecule has 0 heterocycles. The van der Waals surface area contributed by atoms with Crippen LogP contribution < -0.4 is 0 Å². The van der Waals surface area contributed by atoms with Crippen LogP contribution in [0.5, 0.6) is 0 Å². The summed E-state index contributed by atoms with van der Waals surface area (Å²) in [4.78, 5) is 38.4. The zero-order valence-electron chi connectivity index (χ0n) is 54.1. The highest BCUT2D eigenvalue weighted by atomic mass is 16.6. The zero-order valence-corrected chi connectivity index (χ0v) is 54.1. The van der Waals surface area contributed by atoms with E-state index in [9.17, 15) is 14.4 Å². The molecule has 6 heteroatoms. The Morgan fingerprint density at radius 1 is 0.247 bits per heavy atom. The lowest BCUT2D eigenvalue weighted by molar-refractivity contribution is -0.167. The molecule has 0 N–H and O–H groups in total. The van der Waals surface area contributed by atoms with Crippen molar-refractivity contribution in [3.8, 4) is 0 Å². The van der Waals surface area contributed by atoms with Crippen LogP contribution >= 0.6 is 0 Å². The maximum absolute atomic E-state index is 12.9. The number of hydrogen-bond donors (Lipinski definition) is 0. The summed E-state index contributed by atoms with van der Waals surface area (Å²) >= 11 is 0. The standard InChI is InChI=1S/C75H134O6/c1-4-7-10-13-16-19-22-24-26-28-30-32-34-36-37-39-40-42-44-46-48-50-53-56-59-62-65-68-74(77)80-71-72(70-79-73(76)67-64-61-58-55-52-21-18-15-12-9-6-3)81-75(78)69-66-63-60-57-54-51-49-47-45-43-41-38-35-33-31-29-27-25-23-20-17-14-11-8-5-2/h22-25,28-31,34-36,38,72H,4-21,26-27,32-33,37,39-71H2,1-3H3/b24-22-,25-23-,30-28-,31-29-,36-34-,38-35-. The fourth-order valence-corrected chi connectivity index (χ4v) is 10.3. The molecule has 1 atom stereocenters. The first-order valence-corrected chi connectivity index (χ1v) is 35.4. The lowest BCUT2D eigenvalue weighted by Gasteiger charge is -2.18. The molecule has 0 aliphatic rings. The summed E-state index contributed by atoms with van der Waals surface area (Å²) < 4.78 is 17.0. The molecule has 81 heavy (non-hydrogen) atoms. The molecule has 0 aliphatic heterocycles. The number of allylic oxidation sites excluding steroid dienone is 12. The Morgan fingerprint density at radius 2 is 0.444 bits per heavy atom. The minimum absolute atomic E-state index is 0.0737. The van der Waals surface area contributed by atoms with E-state index in [1.165, 1.54) is 244 Å². The predicted molar refractivity (Wildman–Crippen MR) is 353 cm³/mol. The van der Waals surface area contributed by atoms with Crippen LogP contribution in [-0.4, -0.2) is 37.2 Å². The highest BCUT2D eigenvalue weighted by Crippen LogP contribution is 2.17. The van der Waals surface area contributed by atoms with E-state index in [-0.39, 0.29) is 31.1 Å². The quantitative estimate of drug-likeness (QED) is 0.0261. The van der Waals surface area contributed by atoms with Gasteiger partial charge in [-0.1, -0.05) is 325 Å². The summed E-state index contributed by atoms with van der Waals surface area (Å²) in [6.45, 7) is 6.65. The first-order valence-electron chi connectivity index (χ1n) is 35.4. The van der Waals surface area contributed by atoms with Gasteiger partial charge in [0.05, 0.1) is 0 Å². The summed E-state index contributed by atoms with van der Waals surface area (Å²) in [6.07, 6.45) is 90.7. The van der Waals surface area contributed by atoms with Crippen molar-refractivity contribution < 1.29 is 28.6 Å². The molecule has 0 rings (SSSR count). The molecular weight excluding hydrogens is 997 g/mol. The molecule has 1 unspecified atom stereocenters. The lowest BCUT2D eigenvalue weighted by Crippen LogP contribution is -2.30. The Hall–Kier alpha value is -3.15. The van der Waals surface area contributed by atoms with Crippen LogP contribution in [0, 0.1) is 0 Å². The largest absolute Gasteiger partial charge is 0.462 e. The predicted octanol–water partition coefficient (Wildman–Crippen LogP) is 24.4. The molecule has 0 aromatic heterocycles. The average Bonchev–Trinajstić information content (AvgIpc) is 3.47. The zero-order chi connectivity index (χ0) is 58.5. The Labute approximate surface area is 503 Å². The third kappa shape index (κ3) is 67.5. The molecular formula is C75H134O6. The summed E-state index contributed by atoms with van der Waals surface area (Å²) in [7, 11) is 0. The van der Waals surface area contributed by atoms with Gasteiger partial charge in [-0.05, 0) is 96.3 Å². The van der Waals surface area contributed by atoms with Crippen molar-refractivity contribution in [2.45, 2.75) is 374 Å². The van der Waals surface area contributed by atoms with E-state index >= 15 is 0 Å². The maximum atomic E-state index is 12.9. The van der Waals surface area contributed by atoms with Crippen LogP contribution in [0.2, 0.25) is 0 Å². The molecule has 0 saturated carbocycles. The molecule has 0 fully saturated rings. The van der Waals surface area contributed by atoms with E-state index in [2.05, 4.69) is 93.7 Å². The van der Waals surface area contributed by atoms with Crippen molar-refractivity contribution >= 4 is 17.9 Å². The monoisotopic (exact) mass is 1130 g/mol. The van der Waals surface area contributed by atoms with Gasteiger partial charge in [0.15, 0.2) is 6.10 Å². The van der Waals surface area contributed by atoms with Crippen LogP contribution in [-0.2, 0) is 28.6 Å². The van der Waals surface area contributed by atoms with Crippen LogP contribution in [0.15, 0.2) is 72.9 Å². The fourth-order valence-electron chi connectivity index (χ4n) is 10.3. The van der Waals surface area contributed by atoms with E-state index in [1.54, 1.807) is 0 Å². The molecule has 0 radical (unpaired) electrons. The van der Waals surface area contributed by atoms with Gasteiger partial charge in [0.1, 0.15) is 13.2 Å². The fraction of sp³-hybridized carbons (Fsp3) is 0.800. The summed E-state index contributed by atoms with van der Waals surface area (Å²) in [5.74, 6) is -0.861. The molecule has 6 nitrogen and oxygen atoms in total. The first-order chi connectivity index (χ1) is 40.0. The smallest absolute Gasteiger partial charge is 0.306 e. The van der Waals surface area contributed by atoms with Crippen LogP contribution in [0.25, 0.3) is 0 Å². The van der Waals surface area contributed by atoms with Gasteiger partial charge in [-0.3, -0.25) is 14.4 Å². The number of unbranched alkanes of at least 4 members (excludes halogenated alkanes) is 42. The number of carbonyl (C=O) groups excluding carboxylic acids is 3. The van der Waals surface area contributed by atoms with Crippen molar-refractivity contribution in [3.05, 3.63) is 72.9 Å². The molecule has 0 amide bonds. The Balaban J connectivity index is 4.23. The lowest BCUT2D eigenvalue weighted by atomic mass is 10.0. The van der Waals surface area contributed by atoms with Crippen molar-refractivity contribution in [3.63, 3.8) is 0 Å². The second-order valence-corrected chi connectivity index (χ2v) is 23.8. The van der Waals surface area contributed by atoms with Crippen LogP contribution in [0.4, 0.5) is 0 Å². The van der Waals surface area contributed by atoms with Crippen LogP contribution in [0.1, 0.15) is 367 Å². The average molecular weight is 1130 g/mol. The molecule has 0 saturated heterocycles. The second-order valence-electron chi connectivity index (χ2n) is 23.8. The Morgan fingerprint density at radius 3 is 0.691 bits per heavy atom. The van der Waals surface area contributed by atoms with Gasteiger partial charge in [0.2, 0.25) is 0 Å². The highest BCUT2D eigenvalue weighted by Gasteiger charge is 2.19. The number of ether oxygens (including phenoxy) is 3. The van der Waals surface area contributed by atoms with Crippen molar-refractivity contribution in [1.29, 1.82) is 0 Å². The van der Waals surface area contributed by atoms with Gasteiger partial charge in [0.25, 0.3) is 0 Å². The Kier molecular flexibility index (Phi) is 66.6. The van der Waals surface area contributed by atoms with Gasteiger partial charge >= 0.3 is 17.9 Å². The topological polar surface area (TPSA) is 78.9 Å². The third-order valence-electron chi connectivity index (χ3n) is 15.7. The van der Waals surface area contributed by atoms with Crippen molar-refractivity contribution in [2.24, 2.45) is 0 Å². The molecule has 0 aliphatic carbocycles. The highest BCUT2D eigenvalue weighted by molar-refractivity contribution is 5.71. The van der Waals surface area contributed by atoms with E-state index in [0.717, 1.165) is 83.5 Å². The summed E-state index contributed by atoms with van der Waals surface area (Å²) in [5.41, 5.74) is 0. The molecule has 0 aromatic carbocycles. The second kappa shape index (κ2) is 69.3.